The van der Waals surface area contributed by atoms with Crippen LogP contribution < -0.4 is 11.1 Å². The van der Waals surface area contributed by atoms with Crippen LogP contribution in [-0.4, -0.2) is 5.91 Å². The van der Waals surface area contributed by atoms with Crippen LogP contribution in [0.3, 0.4) is 0 Å². The minimum atomic E-state index is -0.140. The van der Waals surface area contributed by atoms with Gasteiger partial charge in [-0.3, -0.25) is 4.79 Å². The molecule has 104 valence electrons. The summed E-state index contributed by atoms with van der Waals surface area (Å²) in [4.78, 5) is 12.4. The molecular formula is C17H20N2O. The van der Waals surface area contributed by atoms with Crippen molar-refractivity contribution < 1.29 is 4.79 Å². The summed E-state index contributed by atoms with van der Waals surface area (Å²) in [6, 6.07) is 15.4. The van der Waals surface area contributed by atoms with Crippen LogP contribution in [-0.2, 0) is 4.79 Å². The Morgan fingerprint density at radius 2 is 1.90 bits per heavy atom. The molecule has 1 unspecified atom stereocenters. The zero-order valence-electron chi connectivity index (χ0n) is 11.9. The molecule has 0 aromatic heterocycles. The lowest BCUT2D eigenvalue weighted by molar-refractivity contribution is -0.117. The number of carbonyl (C=O) groups excluding carboxylic acids is 1. The summed E-state index contributed by atoms with van der Waals surface area (Å²) in [6.45, 7) is 3.96. The number of rotatable bonds is 4. The molecule has 2 aromatic rings. The lowest BCUT2D eigenvalue weighted by Gasteiger charge is -2.16. The van der Waals surface area contributed by atoms with Crippen LogP contribution in [0.15, 0.2) is 48.5 Å². The zero-order chi connectivity index (χ0) is 14.5. The Hall–Kier alpha value is -2.29. The first-order chi connectivity index (χ1) is 9.61. The number of benzene rings is 2. The minimum Gasteiger partial charge on any atom is -0.398 e. The molecule has 0 fully saturated rings. The van der Waals surface area contributed by atoms with Crippen LogP contribution in [0.2, 0.25) is 0 Å². The van der Waals surface area contributed by atoms with Gasteiger partial charge in [0, 0.05) is 11.4 Å². The summed E-state index contributed by atoms with van der Waals surface area (Å²) in [5.74, 6) is -0.138. The topological polar surface area (TPSA) is 55.1 Å². The van der Waals surface area contributed by atoms with E-state index in [4.69, 9.17) is 5.73 Å². The van der Waals surface area contributed by atoms with Gasteiger partial charge in [-0.2, -0.15) is 0 Å². The van der Waals surface area contributed by atoms with Gasteiger partial charge in [0.15, 0.2) is 0 Å². The predicted molar refractivity (Wildman–Crippen MR) is 83.7 cm³/mol. The molecule has 0 saturated carbocycles. The van der Waals surface area contributed by atoms with E-state index in [0.717, 1.165) is 23.2 Å². The maximum Gasteiger partial charge on any atom is 0.231 e. The standard InChI is InChI=1S/C17H20N2O/c1-3-15(13-7-5-4-6-8-13)17(20)19-14-10-9-12(2)16(18)11-14/h4-11,15H,3,18H2,1-2H3,(H,19,20). The number of anilines is 2. The van der Waals surface area contributed by atoms with Crippen LogP contribution >= 0.6 is 0 Å². The highest BCUT2D eigenvalue weighted by molar-refractivity contribution is 5.96. The van der Waals surface area contributed by atoms with E-state index in [9.17, 15) is 4.79 Å². The largest absolute Gasteiger partial charge is 0.398 e. The van der Waals surface area contributed by atoms with Crippen molar-refractivity contribution in [3.63, 3.8) is 0 Å². The van der Waals surface area contributed by atoms with Gasteiger partial charge in [0.25, 0.3) is 0 Å². The summed E-state index contributed by atoms with van der Waals surface area (Å²) in [5.41, 5.74) is 9.35. The molecule has 0 aliphatic rings. The second-order valence-corrected chi connectivity index (χ2v) is 4.93. The van der Waals surface area contributed by atoms with E-state index in [2.05, 4.69) is 5.32 Å². The first-order valence-corrected chi connectivity index (χ1v) is 6.83. The molecule has 3 N–H and O–H groups in total. The molecular weight excluding hydrogens is 248 g/mol. The number of hydrogen-bond acceptors (Lipinski definition) is 2. The number of aryl methyl sites for hydroxylation is 1. The summed E-state index contributed by atoms with van der Waals surface area (Å²) < 4.78 is 0. The van der Waals surface area contributed by atoms with Crippen molar-refractivity contribution in [1.82, 2.24) is 0 Å². The number of carbonyl (C=O) groups is 1. The van der Waals surface area contributed by atoms with E-state index in [0.29, 0.717) is 5.69 Å². The Kier molecular flexibility index (Phi) is 4.41. The molecule has 0 heterocycles. The van der Waals surface area contributed by atoms with Gasteiger partial charge < -0.3 is 11.1 Å². The van der Waals surface area contributed by atoms with Gasteiger partial charge in [-0.05, 0) is 36.6 Å². The molecule has 0 spiro atoms. The van der Waals surface area contributed by atoms with Gasteiger partial charge in [-0.15, -0.1) is 0 Å². The van der Waals surface area contributed by atoms with Gasteiger partial charge in [-0.25, -0.2) is 0 Å². The van der Waals surface area contributed by atoms with Gasteiger partial charge in [0.2, 0.25) is 5.91 Å². The van der Waals surface area contributed by atoms with Crippen molar-refractivity contribution in [3.05, 3.63) is 59.7 Å². The Bertz CT molecular complexity index is 593. The van der Waals surface area contributed by atoms with Crippen molar-refractivity contribution in [2.24, 2.45) is 0 Å². The molecule has 2 rings (SSSR count). The zero-order valence-corrected chi connectivity index (χ0v) is 11.9. The maximum atomic E-state index is 12.4. The van der Waals surface area contributed by atoms with Crippen LogP contribution in [0.5, 0.6) is 0 Å². The van der Waals surface area contributed by atoms with E-state index >= 15 is 0 Å². The van der Waals surface area contributed by atoms with Gasteiger partial charge in [-0.1, -0.05) is 43.3 Å². The highest BCUT2D eigenvalue weighted by atomic mass is 16.1. The van der Waals surface area contributed by atoms with Gasteiger partial charge >= 0.3 is 0 Å². The van der Waals surface area contributed by atoms with Crippen molar-refractivity contribution in [2.75, 3.05) is 11.1 Å². The van der Waals surface area contributed by atoms with Gasteiger partial charge in [0.05, 0.1) is 5.92 Å². The van der Waals surface area contributed by atoms with Gasteiger partial charge in [0.1, 0.15) is 0 Å². The Labute approximate surface area is 119 Å². The average molecular weight is 268 g/mol. The average Bonchev–Trinajstić information content (AvgIpc) is 2.45. The molecule has 0 saturated heterocycles. The lowest BCUT2D eigenvalue weighted by atomic mass is 9.95. The molecule has 3 nitrogen and oxygen atoms in total. The first-order valence-electron chi connectivity index (χ1n) is 6.83. The molecule has 1 atom stereocenters. The van der Waals surface area contributed by atoms with E-state index < -0.39 is 0 Å². The summed E-state index contributed by atoms with van der Waals surface area (Å²) in [5, 5.41) is 2.94. The maximum absolute atomic E-state index is 12.4. The van der Waals surface area contributed by atoms with Crippen molar-refractivity contribution in [1.29, 1.82) is 0 Å². The number of nitrogens with two attached hydrogens (primary N) is 1. The third kappa shape index (κ3) is 3.18. The third-order valence-corrected chi connectivity index (χ3v) is 3.47. The molecule has 0 bridgehead atoms. The van der Waals surface area contributed by atoms with E-state index in [1.54, 1.807) is 6.07 Å². The quantitative estimate of drug-likeness (QED) is 0.830. The Morgan fingerprint density at radius 1 is 1.20 bits per heavy atom. The Morgan fingerprint density at radius 3 is 2.50 bits per heavy atom. The van der Waals surface area contributed by atoms with Crippen LogP contribution in [0, 0.1) is 6.92 Å². The fraction of sp³-hybridized carbons (Fsp3) is 0.235. The summed E-state index contributed by atoms with van der Waals surface area (Å²) in [7, 11) is 0. The highest BCUT2D eigenvalue weighted by Crippen LogP contribution is 2.23. The minimum absolute atomic E-state index is 0.00181. The van der Waals surface area contributed by atoms with Crippen LogP contribution in [0.25, 0.3) is 0 Å². The van der Waals surface area contributed by atoms with E-state index in [-0.39, 0.29) is 11.8 Å². The summed E-state index contributed by atoms with van der Waals surface area (Å²) >= 11 is 0. The smallest absolute Gasteiger partial charge is 0.231 e. The number of nitrogens with one attached hydrogen (secondary N) is 1. The second kappa shape index (κ2) is 6.24. The second-order valence-electron chi connectivity index (χ2n) is 4.93. The predicted octanol–water partition coefficient (Wildman–Crippen LogP) is 3.71. The first kappa shape index (κ1) is 14.1. The normalized spacial score (nSPS) is 11.9. The molecule has 2 aromatic carbocycles. The fourth-order valence-electron chi connectivity index (χ4n) is 2.21. The van der Waals surface area contributed by atoms with E-state index in [1.807, 2.05) is 56.3 Å². The molecule has 3 heteroatoms. The fourth-order valence-corrected chi connectivity index (χ4v) is 2.21. The SMILES string of the molecule is CCC(C(=O)Nc1ccc(C)c(N)c1)c1ccccc1. The lowest BCUT2D eigenvalue weighted by Crippen LogP contribution is -2.20. The molecule has 20 heavy (non-hydrogen) atoms. The van der Waals surface area contributed by atoms with Crippen molar-refractivity contribution in [2.45, 2.75) is 26.2 Å². The van der Waals surface area contributed by atoms with Crippen LogP contribution in [0.4, 0.5) is 11.4 Å². The van der Waals surface area contributed by atoms with Crippen molar-refractivity contribution >= 4 is 17.3 Å². The molecule has 0 aliphatic heterocycles. The number of amides is 1. The highest BCUT2D eigenvalue weighted by Gasteiger charge is 2.18. The van der Waals surface area contributed by atoms with Crippen LogP contribution in [0.1, 0.15) is 30.4 Å². The summed E-state index contributed by atoms with van der Waals surface area (Å²) in [6.07, 6.45) is 0.761. The third-order valence-electron chi connectivity index (χ3n) is 3.47. The number of nitrogen functional groups attached to an aromatic ring is 1. The number of hydrogen-bond donors (Lipinski definition) is 2. The molecule has 0 radical (unpaired) electrons. The molecule has 0 aliphatic carbocycles. The monoisotopic (exact) mass is 268 g/mol. The Balaban J connectivity index is 2.15. The molecule has 1 amide bonds. The van der Waals surface area contributed by atoms with E-state index in [1.165, 1.54) is 0 Å². The van der Waals surface area contributed by atoms with Crippen molar-refractivity contribution in [3.8, 4) is 0 Å².